The molecule has 5 nitrogen and oxygen atoms in total. The predicted molar refractivity (Wildman–Crippen MR) is 76.7 cm³/mol. The first-order valence-electron chi connectivity index (χ1n) is 6.74. The third kappa shape index (κ3) is 2.70. The molecule has 108 valence electrons. The van der Waals surface area contributed by atoms with E-state index in [-0.39, 0.29) is 10.9 Å². The van der Waals surface area contributed by atoms with E-state index in [1.165, 1.54) is 6.07 Å². The molecule has 1 aliphatic rings. The molecule has 1 aromatic rings. The summed E-state index contributed by atoms with van der Waals surface area (Å²) >= 11 is 0. The van der Waals surface area contributed by atoms with Crippen molar-refractivity contribution in [3.63, 3.8) is 0 Å². The second kappa shape index (κ2) is 5.92. The first-order chi connectivity index (χ1) is 9.50. The highest BCUT2D eigenvalue weighted by Crippen LogP contribution is 2.24. The first-order valence-corrected chi connectivity index (χ1v) is 8.18. The van der Waals surface area contributed by atoms with Crippen LogP contribution in [-0.4, -0.2) is 38.4 Å². The van der Waals surface area contributed by atoms with Crippen molar-refractivity contribution in [2.75, 3.05) is 19.6 Å². The minimum Gasteiger partial charge on any atom is -0.313 e. The Hall–Kier alpha value is -1.42. The van der Waals surface area contributed by atoms with E-state index in [0.717, 1.165) is 6.42 Å². The standard InChI is InChI=1S/C14H19N3O2S/c1-3-6-17(13-9-16-10-13)20(18,19)14-7-12(8-15)5-4-11(14)2/h4-5,7,13,16H,3,6,9-10H2,1-2H3. The van der Waals surface area contributed by atoms with Gasteiger partial charge in [0.2, 0.25) is 10.0 Å². The van der Waals surface area contributed by atoms with Crippen molar-refractivity contribution < 1.29 is 8.42 Å². The Bertz CT molecular complexity index is 630. The van der Waals surface area contributed by atoms with Crippen LogP contribution in [0, 0.1) is 18.3 Å². The molecule has 0 bridgehead atoms. The van der Waals surface area contributed by atoms with Gasteiger partial charge in [-0.2, -0.15) is 9.57 Å². The molecule has 0 spiro atoms. The maximum absolute atomic E-state index is 12.8. The third-order valence-electron chi connectivity index (χ3n) is 3.52. The lowest BCUT2D eigenvalue weighted by molar-refractivity contribution is 0.241. The summed E-state index contributed by atoms with van der Waals surface area (Å²) in [5, 5.41) is 12.1. The van der Waals surface area contributed by atoms with Crippen LogP contribution in [-0.2, 0) is 10.0 Å². The SMILES string of the molecule is CCCN(C1CNC1)S(=O)(=O)c1cc(C#N)ccc1C. The lowest BCUT2D eigenvalue weighted by Gasteiger charge is -2.37. The largest absolute Gasteiger partial charge is 0.313 e. The van der Waals surface area contributed by atoms with E-state index in [0.29, 0.717) is 30.8 Å². The van der Waals surface area contributed by atoms with E-state index in [2.05, 4.69) is 5.32 Å². The summed E-state index contributed by atoms with van der Waals surface area (Å²) < 4.78 is 27.2. The van der Waals surface area contributed by atoms with Crippen LogP contribution in [0.3, 0.4) is 0 Å². The van der Waals surface area contributed by atoms with E-state index in [9.17, 15) is 8.42 Å². The quantitative estimate of drug-likeness (QED) is 0.886. The summed E-state index contributed by atoms with van der Waals surface area (Å²) in [6.45, 7) is 5.61. The summed E-state index contributed by atoms with van der Waals surface area (Å²) in [4.78, 5) is 0.247. The summed E-state index contributed by atoms with van der Waals surface area (Å²) in [6, 6.07) is 6.82. The molecule has 1 heterocycles. The van der Waals surface area contributed by atoms with Crippen molar-refractivity contribution in [3.8, 4) is 6.07 Å². The third-order valence-corrected chi connectivity index (χ3v) is 5.61. The molecule has 1 saturated heterocycles. The van der Waals surface area contributed by atoms with Gasteiger partial charge in [0.15, 0.2) is 0 Å². The van der Waals surface area contributed by atoms with Gasteiger partial charge in [-0.25, -0.2) is 8.42 Å². The van der Waals surface area contributed by atoms with Crippen LogP contribution in [0.1, 0.15) is 24.5 Å². The van der Waals surface area contributed by atoms with Gasteiger partial charge in [0.05, 0.1) is 22.6 Å². The fraction of sp³-hybridized carbons (Fsp3) is 0.500. The van der Waals surface area contributed by atoms with Gasteiger partial charge >= 0.3 is 0 Å². The van der Waals surface area contributed by atoms with Crippen LogP contribution in [0.4, 0.5) is 0 Å². The van der Waals surface area contributed by atoms with Gasteiger partial charge in [-0.1, -0.05) is 13.0 Å². The fourth-order valence-corrected chi connectivity index (χ4v) is 4.24. The van der Waals surface area contributed by atoms with Crippen molar-refractivity contribution in [1.82, 2.24) is 9.62 Å². The predicted octanol–water partition coefficient (Wildman–Crippen LogP) is 1.24. The Balaban J connectivity index is 2.44. The molecule has 0 amide bonds. The number of rotatable bonds is 5. The monoisotopic (exact) mass is 293 g/mol. The number of hydrogen-bond acceptors (Lipinski definition) is 4. The Labute approximate surface area is 120 Å². The smallest absolute Gasteiger partial charge is 0.243 e. The molecule has 0 aliphatic carbocycles. The molecule has 0 unspecified atom stereocenters. The highest BCUT2D eigenvalue weighted by atomic mass is 32.2. The summed E-state index contributed by atoms with van der Waals surface area (Å²) in [7, 11) is -3.54. The summed E-state index contributed by atoms with van der Waals surface area (Å²) in [5.74, 6) is 0. The second-order valence-corrected chi connectivity index (χ2v) is 6.88. The van der Waals surface area contributed by atoms with Gasteiger partial charge in [0, 0.05) is 19.6 Å². The van der Waals surface area contributed by atoms with Crippen LogP contribution in [0.2, 0.25) is 0 Å². The topological polar surface area (TPSA) is 73.2 Å². The van der Waals surface area contributed by atoms with Crippen molar-refractivity contribution in [2.24, 2.45) is 0 Å². The molecule has 2 rings (SSSR count). The van der Waals surface area contributed by atoms with Gasteiger partial charge in [-0.05, 0) is 31.0 Å². The van der Waals surface area contributed by atoms with E-state index < -0.39 is 10.0 Å². The minimum absolute atomic E-state index is 0.0186. The molecule has 0 saturated carbocycles. The van der Waals surface area contributed by atoms with Gasteiger partial charge < -0.3 is 5.32 Å². The number of benzene rings is 1. The Kier molecular flexibility index (Phi) is 4.43. The molecular formula is C14H19N3O2S. The molecule has 1 aromatic carbocycles. The van der Waals surface area contributed by atoms with Gasteiger partial charge in [-0.3, -0.25) is 0 Å². The molecule has 6 heteroatoms. The van der Waals surface area contributed by atoms with Crippen molar-refractivity contribution >= 4 is 10.0 Å². The van der Waals surface area contributed by atoms with E-state index in [1.807, 2.05) is 13.0 Å². The lowest BCUT2D eigenvalue weighted by atomic mass is 10.2. The molecule has 20 heavy (non-hydrogen) atoms. The zero-order chi connectivity index (χ0) is 14.8. The molecule has 0 aromatic heterocycles. The van der Waals surface area contributed by atoms with Crippen LogP contribution < -0.4 is 5.32 Å². The maximum atomic E-state index is 12.8. The van der Waals surface area contributed by atoms with Crippen LogP contribution >= 0.6 is 0 Å². The maximum Gasteiger partial charge on any atom is 0.243 e. The second-order valence-electron chi connectivity index (χ2n) is 5.02. The normalized spacial score (nSPS) is 15.9. The van der Waals surface area contributed by atoms with Gasteiger partial charge in [-0.15, -0.1) is 0 Å². The lowest BCUT2D eigenvalue weighted by Crippen LogP contribution is -2.58. The van der Waals surface area contributed by atoms with E-state index in [4.69, 9.17) is 5.26 Å². The number of hydrogen-bond donors (Lipinski definition) is 1. The van der Waals surface area contributed by atoms with Crippen LogP contribution in [0.15, 0.2) is 23.1 Å². The molecular weight excluding hydrogens is 274 g/mol. The van der Waals surface area contributed by atoms with Crippen molar-refractivity contribution in [3.05, 3.63) is 29.3 Å². The van der Waals surface area contributed by atoms with Crippen LogP contribution in [0.5, 0.6) is 0 Å². The average Bonchev–Trinajstić information content (AvgIpc) is 2.36. The molecule has 1 N–H and O–H groups in total. The van der Waals surface area contributed by atoms with Crippen molar-refractivity contribution in [1.29, 1.82) is 5.26 Å². The Morgan fingerprint density at radius 1 is 1.45 bits per heavy atom. The summed E-state index contributed by atoms with van der Waals surface area (Å²) in [5.41, 5.74) is 1.05. The number of nitrogens with zero attached hydrogens (tertiary/aromatic N) is 2. The average molecular weight is 293 g/mol. The Morgan fingerprint density at radius 2 is 2.15 bits per heavy atom. The van der Waals surface area contributed by atoms with Crippen molar-refractivity contribution in [2.45, 2.75) is 31.2 Å². The molecule has 1 aliphatic heterocycles. The van der Waals surface area contributed by atoms with Gasteiger partial charge in [0.25, 0.3) is 0 Å². The first kappa shape index (κ1) is 15.0. The number of nitriles is 1. The molecule has 0 atom stereocenters. The Morgan fingerprint density at radius 3 is 2.65 bits per heavy atom. The van der Waals surface area contributed by atoms with E-state index >= 15 is 0 Å². The van der Waals surface area contributed by atoms with Crippen LogP contribution in [0.25, 0.3) is 0 Å². The van der Waals surface area contributed by atoms with E-state index in [1.54, 1.807) is 23.4 Å². The zero-order valence-electron chi connectivity index (χ0n) is 11.8. The highest BCUT2D eigenvalue weighted by Gasteiger charge is 2.35. The number of aryl methyl sites for hydroxylation is 1. The fourth-order valence-electron chi connectivity index (χ4n) is 2.27. The van der Waals surface area contributed by atoms with Gasteiger partial charge in [0.1, 0.15) is 0 Å². The summed E-state index contributed by atoms with van der Waals surface area (Å²) in [6.07, 6.45) is 0.771. The number of sulfonamides is 1. The molecule has 0 radical (unpaired) electrons. The zero-order valence-corrected chi connectivity index (χ0v) is 12.6. The highest BCUT2D eigenvalue weighted by molar-refractivity contribution is 7.89. The number of nitrogens with one attached hydrogen (secondary N) is 1. The molecule has 1 fully saturated rings. The minimum atomic E-state index is -3.54.